The lowest BCUT2D eigenvalue weighted by molar-refractivity contribution is -0.146. The van der Waals surface area contributed by atoms with Gasteiger partial charge in [-0.25, -0.2) is 4.57 Å². The summed E-state index contributed by atoms with van der Waals surface area (Å²) >= 11 is 1.95. The summed E-state index contributed by atoms with van der Waals surface area (Å²) in [5.74, 6) is -0.540. The molecule has 1 aromatic carbocycles. The Bertz CT molecular complexity index is 1000. The Kier molecular flexibility index (Phi) is 10.3. The van der Waals surface area contributed by atoms with Crippen molar-refractivity contribution in [3.05, 3.63) is 53.3 Å². The number of aromatic nitrogens is 1. The van der Waals surface area contributed by atoms with E-state index in [0.717, 1.165) is 0 Å². The number of aldehydes is 1. The van der Waals surface area contributed by atoms with Crippen molar-refractivity contribution in [2.24, 2.45) is 5.92 Å². The lowest BCUT2D eigenvalue weighted by Crippen LogP contribution is -2.39. The third-order valence-electron chi connectivity index (χ3n) is 4.42. The van der Waals surface area contributed by atoms with Crippen molar-refractivity contribution in [2.75, 3.05) is 0 Å². The molecule has 0 amide bonds. The molecule has 2 N–H and O–H groups in total. The number of halogens is 1. The van der Waals surface area contributed by atoms with E-state index in [1.807, 2.05) is 36.4 Å². The summed E-state index contributed by atoms with van der Waals surface area (Å²) in [4.78, 5) is 28.2. The fraction of sp³-hybridized carbons (Fsp3) is 0.409. The first-order valence-corrected chi connectivity index (χ1v) is 13.1. The SMILES string of the molecule is Cc1ncc(COP(=O)(N[C@@H](CC(C)C)C(=O)OC(C)I)Oc2ccccc2)c(C=O)c1O. The van der Waals surface area contributed by atoms with Crippen LogP contribution >= 0.6 is 30.3 Å². The molecule has 0 aliphatic heterocycles. The first-order valence-electron chi connectivity index (χ1n) is 10.3. The average Bonchev–Trinajstić information content (AvgIpc) is 2.74. The molecule has 0 aliphatic carbocycles. The molecule has 3 atom stereocenters. The van der Waals surface area contributed by atoms with E-state index in [4.69, 9.17) is 13.8 Å². The highest BCUT2D eigenvalue weighted by atomic mass is 127. The van der Waals surface area contributed by atoms with E-state index < -0.39 is 23.9 Å². The first kappa shape index (κ1) is 27.2. The number of nitrogens with one attached hydrogen (secondary N) is 1. The fourth-order valence-corrected chi connectivity index (χ4v) is 4.60. The van der Waals surface area contributed by atoms with E-state index in [0.29, 0.717) is 12.7 Å². The number of carbonyl (C=O) groups is 2. The summed E-state index contributed by atoms with van der Waals surface area (Å²) in [5.41, 5.74) is 0.469. The van der Waals surface area contributed by atoms with Gasteiger partial charge < -0.3 is 14.4 Å². The minimum absolute atomic E-state index is 0.0226. The molecule has 2 rings (SSSR count). The molecule has 33 heavy (non-hydrogen) atoms. The van der Waals surface area contributed by atoms with Crippen LogP contribution in [0.3, 0.4) is 0 Å². The summed E-state index contributed by atoms with van der Waals surface area (Å²) in [6.45, 7) is 6.72. The molecular formula is C22H28IN2O7P. The van der Waals surface area contributed by atoms with E-state index in [-0.39, 0.29) is 40.8 Å². The number of ether oxygens (including phenoxy) is 1. The third kappa shape index (κ3) is 8.37. The standard InChI is InChI=1S/C22H28IN2O7P/c1-14(2)10-20(22(28)31-16(4)23)25-33(29,32-18-8-6-5-7-9-18)30-13-17-11-24-15(3)21(27)19(17)12-26/h5-9,11-12,14,16,20,27H,10,13H2,1-4H3,(H,25,29)/t16?,20-,33?/m0/s1. The quantitative estimate of drug-likeness (QED) is 0.116. The van der Waals surface area contributed by atoms with Crippen molar-refractivity contribution in [1.82, 2.24) is 10.1 Å². The summed E-state index contributed by atoms with van der Waals surface area (Å²) in [5, 5.41) is 12.8. The number of para-hydroxylation sites is 1. The Morgan fingerprint density at radius 2 is 1.94 bits per heavy atom. The van der Waals surface area contributed by atoms with Crippen LogP contribution in [0.25, 0.3) is 0 Å². The Morgan fingerprint density at radius 3 is 2.52 bits per heavy atom. The predicted molar refractivity (Wildman–Crippen MR) is 131 cm³/mol. The Labute approximate surface area is 207 Å². The maximum Gasteiger partial charge on any atom is 0.459 e. The van der Waals surface area contributed by atoms with Crippen molar-refractivity contribution in [2.45, 2.75) is 50.9 Å². The summed E-state index contributed by atoms with van der Waals surface area (Å²) in [6.07, 6.45) is 2.14. The predicted octanol–water partition coefficient (Wildman–Crippen LogP) is 4.94. The number of nitrogens with zero attached hydrogens (tertiary/aromatic N) is 1. The molecule has 1 heterocycles. The molecule has 0 radical (unpaired) electrons. The van der Waals surface area contributed by atoms with E-state index in [1.165, 1.54) is 6.20 Å². The zero-order valence-electron chi connectivity index (χ0n) is 18.9. The maximum absolute atomic E-state index is 13.8. The van der Waals surface area contributed by atoms with Crippen molar-refractivity contribution in [3.8, 4) is 11.5 Å². The second-order valence-corrected chi connectivity index (χ2v) is 11.2. The van der Waals surface area contributed by atoms with Crippen LogP contribution in [-0.4, -0.2) is 32.5 Å². The van der Waals surface area contributed by atoms with E-state index in [9.17, 15) is 19.3 Å². The highest BCUT2D eigenvalue weighted by Gasteiger charge is 2.35. The second kappa shape index (κ2) is 12.5. The number of aryl methyl sites for hydroxylation is 1. The molecule has 0 saturated carbocycles. The van der Waals surface area contributed by atoms with Crippen molar-refractivity contribution in [3.63, 3.8) is 0 Å². The second-order valence-electron chi connectivity index (χ2n) is 7.72. The van der Waals surface area contributed by atoms with Crippen LogP contribution in [0.4, 0.5) is 0 Å². The number of benzene rings is 1. The lowest BCUT2D eigenvalue weighted by atomic mass is 10.1. The van der Waals surface area contributed by atoms with Gasteiger partial charge in [0.25, 0.3) is 0 Å². The molecule has 0 fully saturated rings. The van der Waals surface area contributed by atoms with Crippen LogP contribution in [0.1, 0.15) is 48.8 Å². The third-order valence-corrected chi connectivity index (χ3v) is 6.22. The number of esters is 1. The number of aromatic hydroxyl groups is 1. The van der Waals surface area contributed by atoms with Crippen molar-refractivity contribution in [1.29, 1.82) is 0 Å². The molecule has 0 aliphatic rings. The summed E-state index contributed by atoms with van der Waals surface area (Å²) in [6, 6.07) is 7.39. The van der Waals surface area contributed by atoms with Gasteiger partial charge >= 0.3 is 13.7 Å². The Balaban J connectivity index is 2.35. The highest BCUT2D eigenvalue weighted by molar-refractivity contribution is 14.1. The smallest absolute Gasteiger partial charge is 0.459 e. The van der Waals surface area contributed by atoms with Gasteiger partial charge in [-0.2, -0.15) is 5.09 Å². The maximum atomic E-state index is 13.8. The van der Waals surface area contributed by atoms with Crippen molar-refractivity contribution >= 4 is 42.6 Å². The van der Waals surface area contributed by atoms with Gasteiger partial charge in [0.05, 0.1) is 17.9 Å². The number of rotatable bonds is 12. The van der Waals surface area contributed by atoms with Gasteiger partial charge in [0.15, 0.2) is 6.29 Å². The van der Waals surface area contributed by atoms with Crippen LogP contribution in [0.15, 0.2) is 36.5 Å². The minimum Gasteiger partial charge on any atom is -0.505 e. The normalized spacial score (nSPS) is 14.8. The Morgan fingerprint density at radius 1 is 1.27 bits per heavy atom. The topological polar surface area (TPSA) is 124 Å². The molecule has 1 aromatic heterocycles. The van der Waals surface area contributed by atoms with Gasteiger partial charge in [0, 0.05) is 11.8 Å². The van der Waals surface area contributed by atoms with Crippen LogP contribution in [0, 0.1) is 12.8 Å². The minimum atomic E-state index is -4.15. The van der Waals surface area contributed by atoms with Crippen LogP contribution in [0.2, 0.25) is 0 Å². The average molecular weight is 590 g/mol. The van der Waals surface area contributed by atoms with Gasteiger partial charge in [0.1, 0.15) is 21.7 Å². The number of carbonyl (C=O) groups excluding carboxylic acids is 2. The number of hydrogen-bond donors (Lipinski definition) is 2. The molecule has 180 valence electrons. The van der Waals surface area contributed by atoms with E-state index in [1.54, 1.807) is 44.2 Å². The van der Waals surface area contributed by atoms with E-state index >= 15 is 0 Å². The molecule has 0 bridgehead atoms. The van der Waals surface area contributed by atoms with E-state index in [2.05, 4.69) is 10.1 Å². The summed E-state index contributed by atoms with van der Waals surface area (Å²) < 4.78 is 30.0. The van der Waals surface area contributed by atoms with Gasteiger partial charge in [0.2, 0.25) is 0 Å². The molecule has 9 nitrogen and oxygen atoms in total. The zero-order valence-corrected chi connectivity index (χ0v) is 21.9. The highest BCUT2D eigenvalue weighted by Crippen LogP contribution is 2.46. The monoisotopic (exact) mass is 590 g/mol. The van der Waals surface area contributed by atoms with Crippen LogP contribution < -0.4 is 9.61 Å². The van der Waals surface area contributed by atoms with Gasteiger partial charge in [-0.05, 0) is 60.9 Å². The zero-order chi connectivity index (χ0) is 24.6. The Hall–Kier alpha value is -2.01. The lowest BCUT2D eigenvalue weighted by Gasteiger charge is -2.26. The van der Waals surface area contributed by atoms with Crippen LogP contribution in [0.5, 0.6) is 11.5 Å². The first-order chi connectivity index (χ1) is 15.5. The number of pyridine rings is 1. The number of hydrogen-bond acceptors (Lipinski definition) is 8. The van der Waals surface area contributed by atoms with Crippen molar-refractivity contribution < 1.29 is 33.0 Å². The molecule has 0 spiro atoms. The molecule has 2 unspecified atom stereocenters. The van der Waals surface area contributed by atoms with Crippen LogP contribution in [-0.2, 0) is 25.2 Å². The van der Waals surface area contributed by atoms with Gasteiger partial charge in [-0.1, -0.05) is 32.0 Å². The number of alkyl halides is 1. The molecule has 2 aromatic rings. The molecule has 11 heteroatoms. The largest absolute Gasteiger partial charge is 0.505 e. The molecule has 0 saturated heterocycles. The molecular weight excluding hydrogens is 562 g/mol. The summed E-state index contributed by atoms with van der Waals surface area (Å²) in [7, 11) is -4.15. The fourth-order valence-electron chi connectivity index (χ4n) is 2.87. The van der Waals surface area contributed by atoms with Gasteiger partial charge in [-0.3, -0.25) is 19.1 Å². The van der Waals surface area contributed by atoms with Gasteiger partial charge in [-0.15, -0.1) is 0 Å².